The van der Waals surface area contributed by atoms with Crippen LogP contribution in [0.1, 0.15) is 34.8 Å². The van der Waals surface area contributed by atoms with Gasteiger partial charge in [0.05, 0.1) is 27.4 Å². The van der Waals surface area contributed by atoms with Crippen molar-refractivity contribution in [1.29, 1.82) is 0 Å². The maximum Gasteiger partial charge on any atom is 0.326 e. The molecule has 0 aliphatic carbocycles. The Kier molecular flexibility index (Phi) is 7.17. The van der Waals surface area contributed by atoms with Crippen molar-refractivity contribution in [3.8, 4) is 28.4 Å². The van der Waals surface area contributed by atoms with Crippen molar-refractivity contribution in [1.82, 2.24) is 4.90 Å². The van der Waals surface area contributed by atoms with E-state index in [1.807, 2.05) is 42.5 Å². The number of aliphatic carboxylic acids is 1. The summed E-state index contributed by atoms with van der Waals surface area (Å²) in [5.74, 6) is 0.153. The number of benzene rings is 3. The van der Waals surface area contributed by atoms with E-state index in [1.54, 1.807) is 39.5 Å². The van der Waals surface area contributed by atoms with Crippen molar-refractivity contribution < 1.29 is 28.9 Å². The molecular formula is C27H26ClNO6. The molecule has 2 atom stereocenters. The lowest BCUT2D eigenvalue weighted by Crippen LogP contribution is -2.41. The highest BCUT2D eigenvalue weighted by molar-refractivity contribution is 6.31. The monoisotopic (exact) mass is 495 g/mol. The van der Waals surface area contributed by atoms with E-state index in [0.29, 0.717) is 40.7 Å². The number of likely N-dealkylation sites (tertiary alicyclic amines) is 1. The molecule has 1 aliphatic heterocycles. The SMILES string of the molecule is COc1cc(-c2ccc(C(=O)N3[C@@H](c4ccccc4Cl)CC[C@H]3C(=O)O)cc2)cc(OC)c1OC. The van der Waals surface area contributed by atoms with Gasteiger partial charge in [0.1, 0.15) is 6.04 Å². The summed E-state index contributed by atoms with van der Waals surface area (Å²) < 4.78 is 16.3. The fourth-order valence-corrected chi connectivity index (χ4v) is 4.85. The van der Waals surface area contributed by atoms with Gasteiger partial charge in [0.15, 0.2) is 11.5 Å². The molecule has 1 amide bonds. The Hall–Kier alpha value is -3.71. The molecule has 1 fully saturated rings. The third-order valence-corrected chi connectivity index (χ3v) is 6.64. The first kappa shape index (κ1) is 24.4. The molecule has 8 heteroatoms. The van der Waals surface area contributed by atoms with Crippen LogP contribution in [0.4, 0.5) is 0 Å². The van der Waals surface area contributed by atoms with Crippen LogP contribution in [0.2, 0.25) is 5.02 Å². The predicted octanol–water partition coefficient (Wildman–Crippen LogP) is 5.46. The van der Waals surface area contributed by atoms with Crippen LogP contribution in [0.5, 0.6) is 17.2 Å². The van der Waals surface area contributed by atoms with Crippen LogP contribution in [-0.2, 0) is 4.79 Å². The summed E-state index contributed by atoms with van der Waals surface area (Å²) in [6.45, 7) is 0. The van der Waals surface area contributed by atoms with Crippen molar-refractivity contribution in [2.75, 3.05) is 21.3 Å². The van der Waals surface area contributed by atoms with Crippen molar-refractivity contribution >= 4 is 23.5 Å². The van der Waals surface area contributed by atoms with Crippen molar-refractivity contribution in [3.05, 3.63) is 76.8 Å². The van der Waals surface area contributed by atoms with E-state index in [-0.39, 0.29) is 5.91 Å². The summed E-state index contributed by atoms with van der Waals surface area (Å²) in [4.78, 5) is 27.0. The van der Waals surface area contributed by atoms with Crippen LogP contribution < -0.4 is 14.2 Å². The number of carboxylic acid groups (broad SMARTS) is 1. The summed E-state index contributed by atoms with van der Waals surface area (Å²) in [7, 11) is 4.64. The molecule has 0 bridgehead atoms. The van der Waals surface area contributed by atoms with E-state index in [9.17, 15) is 14.7 Å². The summed E-state index contributed by atoms with van der Waals surface area (Å²) in [5, 5.41) is 10.3. The molecule has 7 nitrogen and oxygen atoms in total. The normalized spacial score (nSPS) is 17.2. The summed E-state index contributed by atoms with van der Waals surface area (Å²) in [6.07, 6.45) is 0.885. The Balaban J connectivity index is 1.67. The van der Waals surface area contributed by atoms with Crippen LogP contribution in [0.25, 0.3) is 11.1 Å². The average molecular weight is 496 g/mol. The van der Waals surface area contributed by atoms with Gasteiger partial charge in [0.2, 0.25) is 5.75 Å². The molecule has 0 aromatic heterocycles. The van der Waals surface area contributed by atoms with E-state index in [2.05, 4.69) is 0 Å². The van der Waals surface area contributed by atoms with Gasteiger partial charge in [0, 0.05) is 10.6 Å². The van der Waals surface area contributed by atoms with Gasteiger partial charge in [-0.15, -0.1) is 0 Å². The first-order valence-corrected chi connectivity index (χ1v) is 11.5. The van der Waals surface area contributed by atoms with Crippen LogP contribution in [0.3, 0.4) is 0 Å². The van der Waals surface area contributed by atoms with Crippen LogP contribution in [-0.4, -0.2) is 49.3 Å². The van der Waals surface area contributed by atoms with Crippen LogP contribution in [0, 0.1) is 0 Å². The molecule has 0 spiro atoms. The summed E-state index contributed by atoms with van der Waals surface area (Å²) >= 11 is 6.39. The predicted molar refractivity (Wildman–Crippen MR) is 133 cm³/mol. The summed E-state index contributed by atoms with van der Waals surface area (Å²) in [5.41, 5.74) is 2.79. The maximum atomic E-state index is 13.6. The zero-order chi connectivity index (χ0) is 25.1. The van der Waals surface area contributed by atoms with E-state index < -0.39 is 18.1 Å². The third-order valence-electron chi connectivity index (χ3n) is 6.30. The molecule has 1 aliphatic rings. The maximum absolute atomic E-state index is 13.6. The minimum absolute atomic E-state index is 0.351. The highest BCUT2D eigenvalue weighted by Crippen LogP contribution is 2.42. The molecule has 35 heavy (non-hydrogen) atoms. The lowest BCUT2D eigenvalue weighted by Gasteiger charge is -2.29. The Morgan fingerprint density at radius 1 is 0.886 bits per heavy atom. The molecule has 1 N–H and O–H groups in total. The van der Waals surface area contributed by atoms with Crippen molar-refractivity contribution in [3.63, 3.8) is 0 Å². The molecule has 0 radical (unpaired) electrons. The van der Waals surface area contributed by atoms with Crippen LogP contribution >= 0.6 is 11.6 Å². The van der Waals surface area contributed by atoms with E-state index in [1.165, 1.54) is 4.90 Å². The number of ether oxygens (including phenoxy) is 3. The smallest absolute Gasteiger partial charge is 0.326 e. The number of hydrogen-bond donors (Lipinski definition) is 1. The Labute approximate surface area is 208 Å². The van der Waals surface area contributed by atoms with E-state index in [0.717, 1.165) is 16.7 Å². The topological polar surface area (TPSA) is 85.3 Å². The number of carboxylic acids is 1. The standard InChI is InChI=1S/C27H26ClNO6/c1-33-23-14-18(15-24(34-2)25(23)35-3)16-8-10-17(11-9-16)26(30)29-21(12-13-22(29)27(31)32)19-6-4-5-7-20(19)28/h4-11,14-15,21-22H,12-13H2,1-3H3,(H,31,32)/t21-,22+/m1/s1. The Morgan fingerprint density at radius 3 is 2.06 bits per heavy atom. The lowest BCUT2D eigenvalue weighted by molar-refractivity contribution is -0.141. The number of carbonyl (C=O) groups excluding carboxylic acids is 1. The third kappa shape index (κ3) is 4.64. The molecule has 1 saturated heterocycles. The minimum Gasteiger partial charge on any atom is -0.493 e. The van der Waals surface area contributed by atoms with Crippen LogP contribution in [0.15, 0.2) is 60.7 Å². The zero-order valence-electron chi connectivity index (χ0n) is 19.7. The number of carbonyl (C=O) groups is 2. The number of amides is 1. The van der Waals surface area contributed by atoms with Gasteiger partial charge in [-0.25, -0.2) is 4.79 Å². The lowest BCUT2D eigenvalue weighted by atomic mass is 10.0. The average Bonchev–Trinajstić information content (AvgIpc) is 3.33. The van der Waals surface area contributed by atoms with Crippen molar-refractivity contribution in [2.45, 2.75) is 24.9 Å². The molecule has 3 aromatic carbocycles. The van der Waals surface area contributed by atoms with Gasteiger partial charge in [-0.05, 0) is 59.9 Å². The van der Waals surface area contributed by atoms with Gasteiger partial charge in [-0.2, -0.15) is 0 Å². The van der Waals surface area contributed by atoms with E-state index >= 15 is 0 Å². The quantitative estimate of drug-likeness (QED) is 0.468. The minimum atomic E-state index is -1.03. The van der Waals surface area contributed by atoms with Gasteiger partial charge >= 0.3 is 5.97 Å². The fourth-order valence-electron chi connectivity index (χ4n) is 4.59. The van der Waals surface area contributed by atoms with Gasteiger partial charge in [-0.1, -0.05) is 41.9 Å². The number of methoxy groups -OCH3 is 3. The van der Waals surface area contributed by atoms with Crippen molar-refractivity contribution in [2.24, 2.45) is 0 Å². The second-order valence-corrected chi connectivity index (χ2v) is 8.58. The Morgan fingerprint density at radius 2 is 1.51 bits per heavy atom. The number of hydrogen-bond acceptors (Lipinski definition) is 5. The highest BCUT2D eigenvalue weighted by Gasteiger charge is 2.42. The van der Waals surface area contributed by atoms with E-state index in [4.69, 9.17) is 25.8 Å². The van der Waals surface area contributed by atoms with Gasteiger partial charge in [-0.3, -0.25) is 4.79 Å². The first-order valence-electron chi connectivity index (χ1n) is 11.1. The fraction of sp³-hybridized carbons (Fsp3) is 0.259. The van der Waals surface area contributed by atoms with Gasteiger partial charge in [0.25, 0.3) is 5.91 Å². The molecule has 4 rings (SSSR count). The molecule has 3 aromatic rings. The number of halogens is 1. The first-order chi connectivity index (χ1) is 16.9. The molecular weight excluding hydrogens is 470 g/mol. The molecule has 0 unspecified atom stereocenters. The summed E-state index contributed by atoms with van der Waals surface area (Å²) in [6, 6.07) is 16.6. The Bertz CT molecular complexity index is 1220. The number of nitrogens with zero attached hydrogens (tertiary/aromatic N) is 1. The largest absolute Gasteiger partial charge is 0.493 e. The zero-order valence-corrected chi connectivity index (χ0v) is 20.4. The second kappa shape index (κ2) is 10.3. The molecule has 0 saturated carbocycles. The van der Waals surface area contributed by atoms with Gasteiger partial charge < -0.3 is 24.2 Å². The highest BCUT2D eigenvalue weighted by atomic mass is 35.5. The molecule has 182 valence electrons. The molecule has 1 heterocycles. The second-order valence-electron chi connectivity index (χ2n) is 8.17. The number of rotatable bonds is 7.